The Morgan fingerprint density at radius 3 is 2.34 bits per heavy atom. The van der Waals surface area contributed by atoms with Crippen LogP contribution in [0.5, 0.6) is 0 Å². The first-order valence-electron chi connectivity index (χ1n) is 15.3. The monoisotopic (exact) mass is 558 g/mol. The molecule has 2 aliphatic carbocycles. The molecular weight excluding hydrogens is 511 g/mol. The lowest BCUT2D eigenvalue weighted by Gasteiger charge is -2.30. The summed E-state index contributed by atoms with van der Waals surface area (Å²) in [5.74, 6) is 1.53. The van der Waals surface area contributed by atoms with Crippen molar-refractivity contribution in [3.05, 3.63) is 93.3 Å². The maximum absolute atomic E-state index is 13.2. The number of hydrogen-bond acceptors (Lipinski definition) is 3. The molecule has 1 aliphatic heterocycles. The second-order valence-electron chi connectivity index (χ2n) is 12.4. The third-order valence-corrected chi connectivity index (χ3v) is 8.67. The number of alkyl halides is 1. The van der Waals surface area contributed by atoms with Gasteiger partial charge in [-0.05, 0) is 143 Å². The fourth-order valence-corrected chi connectivity index (χ4v) is 6.25. The van der Waals surface area contributed by atoms with Gasteiger partial charge in [-0.15, -0.1) is 0 Å². The number of rotatable bonds is 5. The van der Waals surface area contributed by atoms with Crippen LogP contribution < -0.4 is 0 Å². The quantitative estimate of drug-likeness (QED) is 0.343. The van der Waals surface area contributed by atoms with Gasteiger partial charge in [-0.1, -0.05) is 43.7 Å². The lowest BCUT2D eigenvalue weighted by molar-refractivity contribution is 0.0378. The number of ether oxygens (including phenoxy) is 2. The van der Waals surface area contributed by atoms with Crippen LogP contribution in [0.4, 0.5) is 4.39 Å². The molecule has 3 aliphatic rings. The summed E-state index contributed by atoms with van der Waals surface area (Å²) in [5.41, 5.74) is 9.78. The number of allylic oxidation sites excluding steroid dienone is 4. The first-order valence-corrected chi connectivity index (χ1v) is 15.3. The van der Waals surface area contributed by atoms with E-state index in [0.29, 0.717) is 12.2 Å². The zero-order valence-electron chi connectivity index (χ0n) is 26.0. The molecule has 0 spiro atoms. The highest BCUT2D eigenvalue weighted by Crippen LogP contribution is 2.39. The van der Waals surface area contributed by atoms with Crippen molar-refractivity contribution < 1.29 is 18.7 Å². The summed E-state index contributed by atoms with van der Waals surface area (Å²) >= 11 is 0. The number of benzene rings is 2. The molecule has 0 N–H and O–H groups in total. The number of aryl methyl sites for hydroxylation is 2. The van der Waals surface area contributed by atoms with Gasteiger partial charge in [0.15, 0.2) is 0 Å². The highest BCUT2D eigenvalue weighted by molar-refractivity contribution is 5.91. The molecule has 0 atom stereocenters. The second-order valence-corrected chi connectivity index (χ2v) is 12.4. The summed E-state index contributed by atoms with van der Waals surface area (Å²) in [7, 11) is 0. The summed E-state index contributed by atoms with van der Waals surface area (Å²) in [6.45, 7) is 14.7. The van der Waals surface area contributed by atoms with Crippen LogP contribution in [0.25, 0.3) is 11.1 Å². The molecule has 0 amide bonds. The lowest BCUT2D eigenvalue weighted by atomic mass is 9.80. The highest BCUT2D eigenvalue weighted by atomic mass is 19.1. The minimum atomic E-state index is -0.842. The van der Waals surface area contributed by atoms with Crippen molar-refractivity contribution >= 4 is 17.1 Å². The molecular formula is C37H47FO3. The Labute approximate surface area is 246 Å². The molecule has 0 aromatic heterocycles. The summed E-state index contributed by atoms with van der Waals surface area (Å²) in [4.78, 5) is 12.2. The number of fused-ring (bicyclic) bond motifs is 1. The van der Waals surface area contributed by atoms with Gasteiger partial charge in [0.2, 0.25) is 0 Å². The van der Waals surface area contributed by atoms with E-state index in [4.69, 9.17) is 9.47 Å². The van der Waals surface area contributed by atoms with Gasteiger partial charge < -0.3 is 9.47 Å². The van der Waals surface area contributed by atoms with Gasteiger partial charge in [0.05, 0.1) is 11.7 Å². The fraction of sp³-hybridized carbons (Fsp3) is 0.486. The van der Waals surface area contributed by atoms with Gasteiger partial charge in [-0.25, -0.2) is 9.18 Å². The standard InChI is InChI=1S/C28H30O3.C9H17F/c1-17(2)31-28(29)22-11-9-21(10-12-22)25-8-6-7-23-16-24(15-19(4)27(23)25)26-18(3)13-14-30-20(26)5;1-3-8-4-6-9(2,10)7-5-8/h8-13,15-17H,6-7,14H2,1-5H3;8H,3-7H2,1-2H3. The molecule has 0 unspecified atom stereocenters. The Morgan fingerprint density at radius 2 is 1.73 bits per heavy atom. The van der Waals surface area contributed by atoms with Crippen molar-refractivity contribution in [3.63, 3.8) is 0 Å². The summed E-state index contributed by atoms with van der Waals surface area (Å²) in [6.07, 6.45) is 11.4. The molecule has 1 fully saturated rings. The molecule has 1 heterocycles. The predicted octanol–water partition coefficient (Wildman–Crippen LogP) is 9.96. The number of halogens is 1. The van der Waals surface area contributed by atoms with Gasteiger partial charge in [-0.3, -0.25) is 0 Å². The van der Waals surface area contributed by atoms with E-state index in [2.05, 4.69) is 52.0 Å². The maximum atomic E-state index is 13.2. The number of carbonyl (C=O) groups excluding carboxylic acids is 1. The van der Waals surface area contributed by atoms with Gasteiger partial charge in [0.25, 0.3) is 0 Å². The largest absolute Gasteiger partial charge is 0.494 e. The molecule has 2 aromatic carbocycles. The smallest absolute Gasteiger partial charge is 0.338 e. The Balaban J connectivity index is 0.000000328. The van der Waals surface area contributed by atoms with E-state index >= 15 is 0 Å². The molecule has 5 rings (SSSR count). The van der Waals surface area contributed by atoms with Gasteiger partial charge in [-0.2, -0.15) is 0 Å². The van der Waals surface area contributed by atoms with Crippen molar-refractivity contribution in [2.24, 2.45) is 5.92 Å². The van der Waals surface area contributed by atoms with E-state index in [1.165, 1.54) is 45.4 Å². The lowest BCUT2D eigenvalue weighted by Crippen LogP contribution is -2.25. The van der Waals surface area contributed by atoms with Crippen molar-refractivity contribution in [1.29, 1.82) is 0 Å². The van der Waals surface area contributed by atoms with Crippen molar-refractivity contribution in [3.8, 4) is 0 Å². The number of esters is 1. The first-order chi connectivity index (χ1) is 19.5. The predicted molar refractivity (Wildman–Crippen MR) is 168 cm³/mol. The maximum Gasteiger partial charge on any atom is 0.338 e. The Bertz CT molecular complexity index is 1330. The second kappa shape index (κ2) is 13.2. The van der Waals surface area contributed by atoms with Crippen LogP contribution in [-0.2, 0) is 15.9 Å². The van der Waals surface area contributed by atoms with Crippen LogP contribution in [0, 0.1) is 12.8 Å². The van der Waals surface area contributed by atoms with E-state index in [-0.39, 0.29) is 12.1 Å². The van der Waals surface area contributed by atoms with E-state index in [9.17, 15) is 9.18 Å². The average molecular weight is 559 g/mol. The summed E-state index contributed by atoms with van der Waals surface area (Å²) < 4.78 is 24.3. The van der Waals surface area contributed by atoms with E-state index < -0.39 is 5.67 Å². The molecule has 2 aromatic rings. The van der Waals surface area contributed by atoms with Crippen LogP contribution in [0.1, 0.15) is 118 Å². The molecule has 3 nitrogen and oxygen atoms in total. The third kappa shape index (κ3) is 7.58. The van der Waals surface area contributed by atoms with Crippen LogP contribution >= 0.6 is 0 Å². The Morgan fingerprint density at radius 1 is 1.05 bits per heavy atom. The van der Waals surface area contributed by atoms with Crippen LogP contribution in [0.15, 0.2) is 59.9 Å². The zero-order chi connectivity index (χ0) is 29.7. The van der Waals surface area contributed by atoms with Crippen LogP contribution in [0.2, 0.25) is 0 Å². The fourth-order valence-electron chi connectivity index (χ4n) is 6.25. The van der Waals surface area contributed by atoms with Crippen molar-refractivity contribution in [2.75, 3.05) is 6.61 Å². The van der Waals surface area contributed by atoms with Crippen molar-refractivity contribution in [2.45, 2.75) is 105 Å². The molecule has 0 saturated heterocycles. The van der Waals surface area contributed by atoms with Gasteiger partial charge >= 0.3 is 5.97 Å². The molecule has 41 heavy (non-hydrogen) atoms. The summed E-state index contributed by atoms with van der Waals surface area (Å²) in [6, 6.07) is 12.4. The van der Waals surface area contributed by atoms with Crippen LogP contribution in [0.3, 0.4) is 0 Å². The summed E-state index contributed by atoms with van der Waals surface area (Å²) in [5, 5.41) is 0. The average Bonchev–Trinajstić information content (AvgIpc) is 2.93. The van der Waals surface area contributed by atoms with Crippen molar-refractivity contribution in [1.82, 2.24) is 0 Å². The molecule has 220 valence electrons. The topological polar surface area (TPSA) is 35.5 Å². The van der Waals surface area contributed by atoms with E-state index in [1.807, 2.05) is 38.1 Å². The normalized spacial score (nSPS) is 22.1. The SMILES string of the molecule is CC1=CCOC(C)=C1c1cc(C)c2c(c1)CCC=C2c1ccc(C(=O)OC(C)C)cc1.CCC1CCC(C)(F)CC1. The van der Waals surface area contributed by atoms with E-state index in [1.54, 1.807) is 6.92 Å². The third-order valence-electron chi connectivity index (χ3n) is 8.67. The molecule has 1 saturated carbocycles. The zero-order valence-corrected chi connectivity index (χ0v) is 26.0. The van der Waals surface area contributed by atoms with Crippen LogP contribution in [-0.4, -0.2) is 24.3 Å². The molecule has 0 bridgehead atoms. The highest BCUT2D eigenvalue weighted by Gasteiger charge is 2.29. The number of carbonyl (C=O) groups is 1. The Hall–Kier alpha value is -3.14. The number of hydrogen-bond donors (Lipinski definition) is 0. The van der Waals surface area contributed by atoms with Gasteiger partial charge in [0, 0.05) is 5.57 Å². The Kier molecular flexibility index (Phi) is 9.94. The first kappa shape index (κ1) is 30.8. The van der Waals surface area contributed by atoms with E-state index in [0.717, 1.165) is 55.8 Å². The molecule has 4 heteroatoms. The minimum absolute atomic E-state index is 0.122. The van der Waals surface area contributed by atoms with Gasteiger partial charge in [0.1, 0.15) is 18.0 Å². The molecule has 0 radical (unpaired) electrons. The minimum Gasteiger partial charge on any atom is -0.494 e.